The monoisotopic (exact) mass is 457 g/mol. The Kier molecular flexibility index (Phi) is 24.2. The maximum Gasteiger partial charge on any atom is 0.505 e. The number of ether oxygens (including phenoxy) is 1. The summed E-state index contributed by atoms with van der Waals surface area (Å²) in [4.78, 5) is 10.4. The van der Waals surface area contributed by atoms with Crippen molar-refractivity contribution in [3.63, 3.8) is 0 Å². The van der Waals surface area contributed by atoms with E-state index in [0.717, 1.165) is 32.1 Å². The van der Waals surface area contributed by atoms with Gasteiger partial charge in [-0.3, -0.25) is 0 Å². The van der Waals surface area contributed by atoms with Crippen molar-refractivity contribution in [3.05, 3.63) is 0 Å². The van der Waals surface area contributed by atoms with Crippen LogP contribution in [0.4, 0.5) is 4.79 Å². The van der Waals surface area contributed by atoms with E-state index in [1.165, 1.54) is 89.9 Å². The quantitative estimate of drug-likeness (QED) is 0.0966. The Balaban J connectivity index is 4.47. The van der Waals surface area contributed by atoms with E-state index < -0.39 is 6.16 Å². The molecule has 0 saturated heterocycles. The minimum atomic E-state index is -1.18. The number of carbonyl (C=O) groups is 1. The zero-order valence-electron chi connectivity index (χ0n) is 21.4. The second kappa shape index (κ2) is 24.8. The van der Waals surface area contributed by atoms with Gasteiger partial charge in [-0.15, -0.1) is 0 Å². The highest BCUT2D eigenvalue weighted by Crippen LogP contribution is 2.25. The van der Waals surface area contributed by atoms with Crippen molar-refractivity contribution in [2.45, 2.75) is 142 Å². The Morgan fingerprint density at radius 1 is 0.719 bits per heavy atom. The summed E-state index contributed by atoms with van der Waals surface area (Å²) in [6.07, 6.45) is 22.8. The molecule has 0 aliphatic rings. The lowest BCUT2D eigenvalue weighted by Crippen LogP contribution is -2.38. The second-order valence-corrected chi connectivity index (χ2v) is 9.47. The molecule has 5 nitrogen and oxygen atoms in total. The molecular formula is C27H55NO4. The maximum atomic E-state index is 10.4. The van der Waals surface area contributed by atoms with Gasteiger partial charge in [-0.25, -0.2) is 4.79 Å². The lowest BCUT2D eigenvalue weighted by Gasteiger charge is -2.29. The molecule has 0 aliphatic heterocycles. The molecule has 0 spiro atoms. The van der Waals surface area contributed by atoms with Gasteiger partial charge in [0, 0.05) is 12.6 Å². The minimum absolute atomic E-state index is 0.198. The summed E-state index contributed by atoms with van der Waals surface area (Å²) in [7, 11) is 0. The number of rotatable bonds is 25. The van der Waals surface area contributed by atoms with Gasteiger partial charge in [0.2, 0.25) is 0 Å². The molecule has 0 heterocycles. The standard InChI is InChI=1S/C27H55NO4/c1-3-5-7-9-11-15-19-25(20-16-12-10-8-6-4-2)26(28-22-23-29)21-17-13-14-18-24-32-27(30)31/h25-26,28-29H,3-24H2,1-2H3,(H,30,31). The van der Waals surface area contributed by atoms with Crippen LogP contribution in [0.25, 0.3) is 0 Å². The van der Waals surface area contributed by atoms with E-state index in [0.29, 0.717) is 25.1 Å². The molecule has 0 saturated carbocycles. The van der Waals surface area contributed by atoms with E-state index in [4.69, 9.17) is 5.11 Å². The van der Waals surface area contributed by atoms with Crippen molar-refractivity contribution in [1.29, 1.82) is 0 Å². The van der Waals surface area contributed by atoms with Gasteiger partial charge in [0.25, 0.3) is 0 Å². The number of aliphatic hydroxyl groups is 1. The first-order valence-electron chi connectivity index (χ1n) is 13.9. The normalized spacial score (nSPS) is 12.4. The van der Waals surface area contributed by atoms with E-state index in [1.54, 1.807) is 0 Å². The lowest BCUT2D eigenvalue weighted by atomic mass is 9.85. The van der Waals surface area contributed by atoms with Crippen molar-refractivity contribution < 1.29 is 19.7 Å². The molecular weight excluding hydrogens is 402 g/mol. The fourth-order valence-electron chi connectivity index (χ4n) is 4.65. The summed E-state index contributed by atoms with van der Waals surface area (Å²) < 4.78 is 4.60. The van der Waals surface area contributed by atoms with Gasteiger partial charge in [0.1, 0.15) is 0 Å². The Labute approximate surface area is 199 Å². The van der Waals surface area contributed by atoms with Gasteiger partial charge in [-0.1, -0.05) is 110 Å². The maximum absolute atomic E-state index is 10.4. The Hall–Kier alpha value is -0.810. The van der Waals surface area contributed by atoms with Crippen LogP contribution in [-0.2, 0) is 4.74 Å². The highest BCUT2D eigenvalue weighted by Gasteiger charge is 2.20. The van der Waals surface area contributed by atoms with E-state index >= 15 is 0 Å². The van der Waals surface area contributed by atoms with E-state index in [9.17, 15) is 9.90 Å². The molecule has 0 amide bonds. The fraction of sp³-hybridized carbons (Fsp3) is 0.963. The molecule has 0 aromatic heterocycles. The smallest absolute Gasteiger partial charge is 0.450 e. The van der Waals surface area contributed by atoms with Crippen molar-refractivity contribution in [3.8, 4) is 0 Å². The molecule has 1 atom stereocenters. The zero-order valence-corrected chi connectivity index (χ0v) is 21.4. The Morgan fingerprint density at radius 2 is 1.19 bits per heavy atom. The van der Waals surface area contributed by atoms with E-state index in [1.807, 2.05) is 0 Å². The van der Waals surface area contributed by atoms with Crippen LogP contribution >= 0.6 is 0 Å². The summed E-state index contributed by atoms with van der Waals surface area (Å²) in [5, 5.41) is 21.6. The predicted octanol–water partition coefficient (Wildman–Crippen LogP) is 7.70. The third-order valence-electron chi connectivity index (χ3n) is 6.58. The van der Waals surface area contributed by atoms with Crippen molar-refractivity contribution in [1.82, 2.24) is 5.32 Å². The van der Waals surface area contributed by atoms with E-state index in [2.05, 4.69) is 23.9 Å². The molecule has 192 valence electrons. The SMILES string of the molecule is CCCCCCCCC(CCCCCCCC)C(CCCCCCOC(=O)O)NCCO. The van der Waals surface area contributed by atoms with Crippen molar-refractivity contribution >= 4 is 6.16 Å². The average molecular weight is 458 g/mol. The first-order chi connectivity index (χ1) is 15.7. The molecule has 0 aliphatic carbocycles. The van der Waals surface area contributed by atoms with Crippen molar-refractivity contribution in [2.75, 3.05) is 19.8 Å². The summed E-state index contributed by atoms with van der Waals surface area (Å²) in [6.45, 7) is 5.73. The highest BCUT2D eigenvalue weighted by atomic mass is 16.7. The van der Waals surface area contributed by atoms with Crippen LogP contribution in [0.3, 0.4) is 0 Å². The minimum Gasteiger partial charge on any atom is -0.450 e. The lowest BCUT2D eigenvalue weighted by molar-refractivity contribution is 0.0899. The van der Waals surface area contributed by atoms with Gasteiger partial charge in [0.15, 0.2) is 0 Å². The summed E-state index contributed by atoms with van der Waals surface area (Å²) >= 11 is 0. The molecule has 0 radical (unpaired) electrons. The fourth-order valence-corrected chi connectivity index (χ4v) is 4.65. The number of carboxylic acid groups (broad SMARTS) is 1. The van der Waals surface area contributed by atoms with Crippen LogP contribution < -0.4 is 5.32 Å². The number of hydrogen-bond donors (Lipinski definition) is 3. The predicted molar refractivity (Wildman–Crippen MR) is 135 cm³/mol. The highest BCUT2D eigenvalue weighted by molar-refractivity contribution is 5.56. The van der Waals surface area contributed by atoms with Crippen molar-refractivity contribution in [2.24, 2.45) is 5.92 Å². The van der Waals surface area contributed by atoms with Gasteiger partial charge < -0.3 is 20.3 Å². The zero-order chi connectivity index (χ0) is 23.7. The van der Waals surface area contributed by atoms with Crippen LogP contribution in [-0.4, -0.2) is 42.2 Å². The van der Waals surface area contributed by atoms with Crippen LogP contribution in [0.2, 0.25) is 0 Å². The van der Waals surface area contributed by atoms with Crippen LogP contribution in [0.5, 0.6) is 0 Å². The molecule has 0 fully saturated rings. The first-order valence-corrected chi connectivity index (χ1v) is 13.9. The molecule has 0 aromatic rings. The number of unbranched alkanes of at least 4 members (excludes halogenated alkanes) is 13. The average Bonchev–Trinajstić information content (AvgIpc) is 2.78. The summed E-state index contributed by atoms with van der Waals surface area (Å²) in [6, 6.07) is 0.490. The molecule has 32 heavy (non-hydrogen) atoms. The van der Waals surface area contributed by atoms with Gasteiger partial charge in [-0.2, -0.15) is 0 Å². The summed E-state index contributed by atoms with van der Waals surface area (Å²) in [5.74, 6) is 0.703. The Morgan fingerprint density at radius 3 is 1.69 bits per heavy atom. The van der Waals surface area contributed by atoms with E-state index in [-0.39, 0.29) is 6.61 Å². The molecule has 1 unspecified atom stereocenters. The van der Waals surface area contributed by atoms with Crippen LogP contribution in [0.15, 0.2) is 0 Å². The van der Waals surface area contributed by atoms with Gasteiger partial charge in [-0.05, 0) is 31.6 Å². The number of aliphatic hydroxyl groups excluding tert-OH is 1. The largest absolute Gasteiger partial charge is 0.505 e. The molecule has 3 N–H and O–H groups in total. The number of hydrogen-bond acceptors (Lipinski definition) is 4. The summed E-state index contributed by atoms with van der Waals surface area (Å²) in [5.41, 5.74) is 0. The van der Waals surface area contributed by atoms with Gasteiger partial charge in [0.05, 0.1) is 13.2 Å². The molecule has 0 bridgehead atoms. The molecule has 5 heteroatoms. The third-order valence-corrected chi connectivity index (χ3v) is 6.58. The first kappa shape index (κ1) is 31.2. The Bertz CT molecular complexity index is 376. The third kappa shape index (κ3) is 21.1. The number of nitrogens with one attached hydrogen (secondary N) is 1. The second-order valence-electron chi connectivity index (χ2n) is 9.47. The van der Waals surface area contributed by atoms with Gasteiger partial charge >= 0.3 is 6.16 Å². The molecule has 0 aromatic carbocycles. The van der Waals surface area contributed by atoms with Crippen LogP contribution in [0, 0.1) is 5.92 Å². The molecule has 0 rings (SSSR count). The van der Waals surface area contributed by atoms with Crippen LogP contribution in [0.1, 0.15) is 136 Å². The topological polar surface area (TPSA) is 78.8 Å².